The fraction of sp³-hybridized carbons (Fsp3) is 0.355. The number of halogens is 1. The maximum atomic E-state index is 6.40. The minimum atomic E-state index is -0.0331. The highest BCUT2D eigenvalue weighted by Crippen LogP contribution is 2.27. The second kappa shape index (κ2) is 11.3. The van der Waals surface area contributed by atoms with E-state index in [1.54, 1.807) is 0 Å². The van der Waals surface area contributed by atoms with Crippen molar-refractivity contribution in [2.24, 2.45) is 0 Å². The molecule has 0 bridgehead atoms. The van der Waals surface area contributed by atoms with E-state index in [9.17, 15) is 0 Å². The van der Waals surface area contributed by atoms with Gasteiger partial charge >= 0.3 is 0 Å². The highest BCUT2D eigenvalue weighted by atomic mass is 35.5. The lowest BCUT2D eigenvalue weighted by atomic mass is 10.0. The molecule has 6 nitrogen and oxygen atoms in total. The Balaban J connectivity index is 1.18. The van der Waals surface area contributed by atoms with Crippen molar-refractivity contribution in [1.82, 2.24) is 24.6 Å². The van der Waals surface area contributed by atoms with Crippen LogP contribution in [0.5, 0.6) is 0 Å². The normalized spacial score (nSPS) is 18.5. The van der Waals surface area contributed by atoms with Crippen LogP contribution in [0.1, 0.15) is 42.5 Å². The molecule has 7 heteroatoms. The Morgan fingerprint density at radius 1 is 1.00 bits per heavy atom. The number of benzene rings is 2. The van der Waals surface area contributed by atoms with E-state index in [1.165, 1.54) is 37.9 Å². The Morgan fingerprint density at radius 2 is 1.84 bits per heavy atom. The van der Waals surface area contributed by atoms with E-state index in [0.717, 1.165) is 57.4 Å². The first-order chi connectivity index (χ1) is 18.6. The molecule has 0 saturated carbocycles. The van der Waals surface area contributed by atoms with Gasteiger partial charge in [0.1, 0.15) is 5.69 Å². The molecular weight excluding hydrogens is 494 g/mol. The fourth-order valence-electron chi connectivity index (χ4n) is 5.40. The zero-order chi connectivity index (χ0) is 25.9. The number of aromatic amines is 1. The predicted molar refractivity (Wildman–Crippen MR) is 153 cm³/mol. The first-order valence-electron chi connectivity index (χ1n) is 13.6. The van der Waals surface area contributed by atoms with Crippen molar-refractivity contribution in [3.05, 3.63) is 94.2 Å². The minimum absolute atomic E-state index is 0.0331. The molecule has 1 aliphatic heterocycles. The number of fused-ring (bicyclic) bond motifs is 1. The van der Waals surface area contributed by atoms with Gasteiger partial charge in [-0.3, -0.25) is 9.58 Å². The van der Waals surface area contributed by atoms with E-state index in [1.807, 2.05) is 35.0 Å². The number of piperidine rings is 1. The van der Waals surface area contributed by atoms with Crippen LogP contribution in [0.4, 0.5) is 0 Å². The Hall–Kier alpha value is -3.19. The third-order valence-electron chi connectivity index (χ3n) is 7.52. The van der Waals surface area contributed by atoms with Crippen LogP contribution in [0.2, 0.25) is 0 Å². The lowest BCUT2D eigenvalue weighted by Crippen LogP contribution is -2.29. The molecule has 0 spiro atoms. The number of imidazole rings is 1. The van der Waals surface area contributed by atoms with Gasteiger partial charge in [0.15, 0.2) is 5.82 Å². The van der Waals surface area contributed by atoms with Crippen LogP contribution in [0, 0.1) is 6.92 Å². The summed E-state index contributed by atoms with van der Waals surface area (Å²) in [5.41, 5.74) is 7.55. The summed E-state index contributed by atoms with van der Waals surface area (Å²) in [5, 5.41) is 5.67. The van der Waals surface area contributed by atoms with E-state index in [4.69, 9.17) is 26.4 Å². The average molecular weight is 528 g/mol. The highest BCUT2D eigenvalue weighted by molar-refractivity contribution is 6.31. The number of H-pyrrole nitrogens is 1. The summed E-state index contributed by atoms with van der Waals surface area (Å²) in [6.45, 7) is 6.65. The number of aromatic nitrogens is 4. The van der Waals surface area contributed by atoms with Crippen molar-refractivity contribution in [2.75, 3.05) is 13.1 Å². The summed E-state index contributed by atoms with van der Waals surface area (Å²) in [6, 6.07) is 18.9. The number of allylic oxidation sites excluding steroid dienone is 2. The van der Waals surface area contributed by atoms with Crippen molar-refractivity contribution < 1.29 is 4.74 Å². The Bertz CT molecular complexity index is 1460. The van der Waals surface area contributed by atoms with Gasteiger partial charge in [0.05, 0.1) is 30.3 Å². The lowest BCUT2D eigenvalue weighted by molar-refractivity contribution is 0.0621. The summed E-state index contributed by atoms with van der Waals surface area (Å²) in [7, 11) is 0. The summed E-state index contributed by atoms with van der Waals surface area (Å²) in [4.78, 5) is 10.9. The van der Waals surface area contributed by atoms with E-state index >= 15 is 0 Å². The van der Waals surface area contributed by atoms with E-state index in [0.29, 0.717) is 13.2 Å². The third-order valence-corrected chi connectivity index (χ3v) is 7.78. The summed E-state index contributed by atoms with van der Waals surface area (Å²) < 4.78 is 8.32. The van der Waals surface area contributed by atoms with Crippen LogP contribution in [0.15, 0.2) is 77.4 Å². The van der Waals surface area contributed by atoms with Crippen molar-refractivity contribution >= 4 is 22.6 Å². The van der Waals surface area contributed by atoms with Gasteiger partial charge in [0, 0.05) is 17.3 Å². The first-order valence-corrected chi connectivity index (χ1v) is 14.0. The maximum Gasteiger partial charge on any atom is 0.159 e. The molecule has 0 amide bonds. The van der Waals surface area contributed by atoms with Gasteiger partial charge in [-0.25, -0.2) is 4.98 Å². The largest absolute Gasteiger partial charge is 0.369 e. The number of likely N-dealkylation sites (tertiary alicyclic amines) is 1. The van der Waals surface area contributed by atoms with Gasteiger partial charge in [-0.15, -0.1) is 0 Å². The monoisotopic (exact) mass is 527 g/mol. The molecule has 0 radical (unpaired) electrons. The van der Waals surface area contributed by atoms with Crippen molar-refractivity contribution in [2.45, 2.75) is 58.4 Å². The maximum absolute atomic E-state index is 6.40. The van der Waals surface area contributed by atoms with Gasteiger partial charge in [0.2, 0.25) is 0 Å². The number of hydrogen-bond donors (Lipinski definition) is 1. The van der Waals surface area contributed by atoms with E-state index in [-0.39, 0.29) is 6.10 Å². The molecule has 4 aromatic rings. The Labute approximate surface area is 229 Å². The van der Waals surface area contributed by atoms with Crippen molar-refractivity contribution in [1.29, 1.82) is 0 Å². The number of aryl methyl sites for hydroxylation is 1. The number of rotatable bonds is 8. The van der Waals surface area contributed by atoms with Crippen LogP contribution in [0.3, 0.4) is 0 Å². The summed E-state index contributed by atoms with van der Waals surface area (Å²) in [6.07, 6.45) is 8.73. The van der Waals surface area contributed by atoms with Crippen molar-refractivity contribution in [3.63, 3.8) is 0 Å². The predicted octanol–water partition coefficient (Wildman–Crippen LogP) is 6.76. The lowest BCUT2D eigenvalue weighted by Gasteiger charge is -2.26. The van der Waals surface area contributed by atoms with E-state index < -0.39 is 0 Å². The second-order valence-corrected chi connectivity index (χ2v) is 10.9. The zero-order valence-corrected chi connectivity index (χ0v) is 22.6. The van der Waals surface area contributed by atoms with Crippen molar-refractivity contribution in [3.8, 4) is 11.5 Å². The smallest absolute Gasteiger partial charge is 0.159 e. The SMILES string of the molecule is Cc1cc(-c2nc3ccc(CN4CCCCC4)cc3[nH]2)nn1CC1=CC(Cl)=CCC1OCc1ccccc1. The standard InChI is InChI=1S/C31H34ClN5O/c1-22-16-29(31-33-27-12-10-24(17-28(27)34-31)19-36-14-6-3-7-15-36)35-37(22)20-25-18-26(32)11-13-30(25)38-21-23-8-4-2-5-9-23/h2,4-5,8-12,16-18,30H,3,6-7,13-15,19-21H2,1H3,(H,33,34). The molecule has 3 heterocycles. The molecule has 1 aliphatic carbocycles. The molecular formula is C31H34ClN5O. The van der Waals surface area contributed by atoms with Gasteiger partial charge in [0.25, 0.3) is 0 Å². The molecule has 1 N–H and O–H groups in total. The molecule has 2 aromatic carbocycles. The molecule has 1 saturated heterocycles. The van der Waals surface area contributed by atoms with Crippen LogP contribution in [0.25, 0.3) is 22.6 Å². The fourth-order valence-corrected chi connectivity index (χ4v) is 5.63. The quantitative estimate of drug-likeness (QED) is 0.275. The van der Waals surface area contributed by atoms with Crippen LogP contribution < -0.4 is 0 Å². The van der Waals surface area contributed by atoms with Crippen LogP contribution in [-0.2, 0) is 24.4 Å². The number of ether oxygens (including phenoxy) is 1. The van der Waals surface area contributed by atoms with E-state index in [2.05, 4.69) is 53.2 Å². The van der Waals surface area contributed by atoms with Crippen LogP contribution in [-0.4, -0.2) is 43.8 Å². The molecule has 38 heavy (non-hydrogen) atoms. The molecule has 1 unspecified atom stereocenters. The summed E-state index contributed by atoms with van der Waals surface area (Å²) >= 11 is 6.40. The van der Waals surface area contributed by atoms with Gasteiger partial charge in [-0.1, -0.05) is 60.5 Å². The Morgan fingerprint density at radius 3 is 2.68 bits per heavy atom. The van der Waals surface area contributed by atoms with Crippen LogP contribution >= 0.6 is 11.6 Å². The molecule has 6 rings (SSSR count). The first kappa shape index (κ1) is 25.1. The molecule has 1 atom stereocenters. The Kier molecular flexibility index (Phi) is 7.45. The number of nitrogens with zero attached hydrogens (tertiary/aromatic N) is 4. The third kappa shape index (κ3) is 5.78. The molecule has 2 aliphatic rings. The molecule has 2 aromatic heterocycles. The highest BCUT2D eigenvalue weighted by Gasteiger charge is 2.21. The second-order valence-electron chi connectivity index (χ2n) is 10.4. The number of hydrogen-bond acceptors (Lipinski definition) is 4. The van der Waals surface area contributed by atoms with Gasteiger partial charge in [-0.05, 0) is 80.3 Å². The molecule has 196 valence electrons. The van der Waals surface area contributed by atoms with Gasteiger partial charge in [-0.2, -0.15) is 5.10 Å². The minimum Gasteiger partial charge on any atom is -0.369 e. The zero-order valence-electron chi connectivity index (χ0n) is 21.9. The summed E-state index contributed by atoms with van der Waals surface area (Å²) in [5.74, 6) is 0.796. The average Bonchev–Trinajstić information content (AvgIpc) is 3.52. The molecule has 1 fully saturated rings. The number of nitrogens with one attached hydrogen (secondary N) is 1. The van der Waals surface area contributed by atoms with Gasteiger partial charge < -0.3 is 9.72 Å². The topological polar surface area (TPSA) is 59.0 Å².